The average Bonchev–Trinajstić information content (AvgIpc) is 1.77. The topological polar surface area (TPSA) is 203 Å². The first kappa shape index (κ1) is 15.7. The Kier molecular flexibility index (Phi) is 6.59. The Morgan fingerprint density at radius 1 is 1.43 bits per heavy atom. The van der Waals surface area contributed by atoms with Crippen molar-refractivity contribution >= 4 is 24.2 Å². The Hall–Kier alpha value is -0.750. The van der Waals surface area contributed by atoms with Gasteiger partial charge in [0.1, 0.15) is 0 Å². The Morgan fingerprint density at radius 3 is 1.79 bits per heavy atom. The van der Waals surface area contributed by atoms with Crippen molar-refractivity contribution in [2.45, 2.75) is 0 Å². The van der Waals surface area contributed by atoms with Gasteiger partial charge in [-0.15, -0.1) is 0 Å². The number of nitrogens with one attached hydrogen (secondary N) is 2. The van der Waals surface area contributed by atoms with Crippen molar-refractivity contribution in [2.24, 2.45) is 5.73 Å². The fourth-order valence-corrected chi connectivity index (χ4v) is 0.326. The van der Waals surface area contributed by atoms with Gasteiger partial charge in [0, 0.05) is 0 Å². The van der Waals surface area contributed by atoms with Crippen molar-refractivity contribution in [3.8, 4) is 0 Å². The smallest absolute Gasteiger partial charge is 0.368 e. The van der Waals surface area contributed by atoms with E-state index >= 15 is 0 Å². The van der Waals surface area contributed by atoms with Crippen molar-refractivity contribution in [1.82, 2.24) is 5.48 Å². The first-order valence-electron chi connectivity index (χ1n) is 2.46. The predicted octanol–water partition coefficient (Wildman–Crippen LogP) is -2.16. The summed E-state index contributed by atoms with van der Waals surface area (Å²) in [7, 11) is -9.22. The molecule has 0 aliphatic carbocycles. The molecule has 11 nitrogen and oxygen atoms in total. The highest BCUT2D eigenvalue weighted by atomic mass is 32.3. The third kappa shape index (κ3) is 42.9. The molecule has 0 saturated heterocycles. The molecule has 0 aromatic heterocycles. The van der Waals surface area contributed by atoms with Gasteiger partial charge in [0.25, 0.3) is 0 Å². The predicted molar refractivity (Wildman–Crippen MR) is 42.4 cm³/mol. The maximum absolute atomic E-state index is 9.79. The average molecular weight is 253 g/mol. The summed E-state index contributed by atoms with van der Waals surface area (Å²) >= 11 is 0. The van der Waals surface area contributed by atoms with E-state index in [1.54, 1.807) is 0 Å². The van der Waals surface area contributed by atoms with E-state index in [0.717, 1.165) is 0 Å². The molecular weight excluding hydrogens is 245 g/mol. The molecule has 0 bridgehead atoms. The number of nitrogens with two attached hydrogens (primary N) is 1. The van der Waals surface area contributed by atoms with Crippen LogP contribution in [0.4, 0.5) is 0 Å². The minimum Gasteiger partial charge on any atom is -0.368 e. The van der Waals surface area contributed by atoms with E-state index < -0.39 is 24.2 Å². The summed E-state index contributed by atoms with van der Waals surface area (Å²) in [5.74, 6) is -0.668. The van der Waals surface area contributed by atoms with E-state index in [9.17, 15) is 4.57 Å². The minimum atomic E-state index is -4.67. The standard InChI is InChI=1S/CH6N3O4P.H2O4S/c2-1(3)4-8-9(5,6)7;1-5(2,3)4/h(H4,2,3,4)(H2,5,6,7);(H2,1,2,3,4). The zero-order valence-electron chi connectivity index (χ0n) is 6.35. The molecule has 0 radical (unpaired) electrons. The lowest BCUT2D eigenvalue weighted by Crippen LogP contribution is -2.29. The summed E-state index contributed by atoms with van der Waals surface area (Å²) in [6, 6.07) is 0. The summed E-state index contributed by atoms with van der Waals surface area (Å²) in [6.45, 7) is 0. The van der Waals surface area contributed by atoms with Crippen molar-refractivity contribution in [2.75, 3.05) is 0 Å². The lowest BCUT2D eigenvalue weighted by Gasteiger charge is -2.03. The highest BCUT2D eigenvalue weighted by Crippen LogP contribution is 2.33. The van der Waals surface area contributed by atoms with Crippen molar-refractivity contribution in [3.05, 3.63) is 0 Å². The fraction of sp³-hybridized carbons (Fsp3) is 0. The second kappa shape index (κ2) is 5.87. The van der Waals surface area contributed by atoms with Crippen LogP contribution in [-0.2, 0) is 19.6 Å². The molecule has 0 aliphatic heterocycles. The van der Waals surface area contributed by atoms with Crippen LogP contribution in [0.1, 0.15) is 0 Å². The molecule has 8 N–H and O–H groups in total. The normalized spacial score (nSPS) is 11.1. The number of hydroxylamine groups is 1. The second-order valence-electron chi connectivity index (χ2n) is 1.55. The zero-order valence-corrected chi connectivity index (χ0v) is 8.07. The number of hydrogen-bond donors (Lipinski definition) is 7. The lowest BCUT2D eigenvalue weighted by atomic mass is 11.1. The van der Waals surface area contributed by atoms with E-state index in [1.165, 1.54) is 5.48 Å². The van der Waals surface area contributed by atoms with Gasteiger partial charge in [0.05, 0.1) is 0 Å². The SMILES string of the molecule is N=C(N)NOP(=O)(O)O.O=S(=O)(O)O. The summed E-state index contributed by atoms with van der Waals surface area (Å²) in [6.07, 6.45) is 0. The molecule has 0 rings (SSSR count). The maximum Gasteiger partial charge on any atom is 0.491 e. The number of guanidine groups is 1. The Labute approximate surface area is 78.2 Å². The molecule has 13 heteroatoms. The van der Waals surface area contributed by atoms with Gasteiger partial charge >= 0.3 is 18.2 Å². The largest absolute Gasteiger partial charge is 0.491 e. The summed E-state index contributed by atoms with van der Waals surface area (Å²) in [4.78, 5) is 15.9. The van der Waals surface area contributed by atoms with Gasteiger partial charge in [-0.2, -0.15) is 13.0 Å². The summed E-state index contributed by atoms with van der Waals surface area (Å²) in [5, 5.41) is 6.37. The van der Waals surface area contributed by atoms with Gasteiger partial charge < -0.3 is 15.5 Å². The van der Waals surface area contributed by atoms with Crippen molar-refractivity contribution in [3.63, 3.8) is 0 Å². The van der Waals surface area contributed by atoms with E-state index in [0.29, 0.717) is 0 Å². The van der Waals surface area contributed by atoms with Gasteiger partial charge in [0.2, 0.25) is 5.96 Å². The first-order valence-corrected chi connectivity index (χ1v) is 5.38. The molecule has 86 valence electrons. The van der Waals surface area contributed by atoms with E-state index in [1.807, 2.05) is 0 Å². The number of rotatable bonds is 2. The molecule has 0 saturated carbocycles. The van der Waals surface area contributed by atoms with Gasteiger partial charge in [-0.05, 0) is 0 Å². The minimum absolute atomic E-state index is 0.668. The molecule has 0 aromatic carbocycles. The van der Waals surface area contributed by atoms with Gasteiger partial charge in [-0.1, -0.05) is 0 Å². The van der Waals surface area contributed by atoms with Gasteiger partial charge in [-0.3, -0.25) is 14.5 Å². The molecule has 0 atom stereocenters. The first-order chi connectivity index (χ1) is 5.92. The molecular formula is CH8N3O8PS. The quantitative estimate of drug-likeness (QED) is 0.0932. The summed E-state index contributed by atoms with van der Waals surface area (Å²) < 4.78 is 44.9. The second-order valence-corrected chi connectivity index (χ2v) is 3.60. The monoisotopic (exact) mass is 253 g/mol. The van der Waals surface area contributed by atoms with E-state index in [-0.39, 0.29) is 0 Å². The van der Waals surface area contributed by atoms with Crippen molar-refractivity contribution in [1.29, 1.82) is 5.41 Å². The zero-order chi connectivity index (χ0) is 12.0. The van der Waals surface area contributed by atoms with E-state index in [4.69, 9.17) is 32.7 Å². The molecule has 0 spiro atoms. The Morgan fingerprint density at radius 2 is 1.71 bits per heavy atom. The Balaban J connectivity index is 0. The van der Waals surface area contributed by atoms with Gasteiger partial charge in [0.15, 0.2) is 0 Å². The third-order valence-electron chi connectivity index (χ3n) is 0.275. The molecule has 0 heterocycles. The summed E-state index contributed by atoms with van der Waals surface area (Å²) in [5.41, 5.74) is 6.09. The number of hydrogen-bond acceptors (Lipinski definition) is 5. The highest BCUT2D eigenvalue weighted by molar-refractivity contribution is 7.79. The van der Waals surface area contributed by atoms with Crippen LogP contribution in [0.25, 0.3) is 0 Å². The highest BCUT2D eigenvalue weighted by Gasteiger charge is 2.13. The number of phosphoric acid groups is 1. The molecule has 0 aliphatic rings. The molecule has 0 amide bonds. The van der Waals surface area contributed by atoms with Crippen LogP contribution in [-0.4, -0.2) is 33.3 Å². The van der Waals surface area contributed by atoms with Crippen LogP contribution in [0.15, 0.2) is 0 Å². The third-order valence-corrected chi connectivity index (χ3v) is 0.604. The Bertz CT molecular complexity index is 307. The fourth-order valence-electron chi connectivity index (χ4n) is 0.109. The molecule has 14 heavy (non-hydrogen) atoms. The van der Waals surface area contributed by atoms with E-state index in [2.05, 4.69) is 10.4 Å². The molecule has 0 aromatic rings. The van der Waals surface area contributed by atoms with Crippen LogP contribution >= 0.6 is 7.82 Å². The van der Waals surface area contributed by atoms with Crippen molar-refractivity contribution < 1.29 is 36.5 Å². The van der Waals surface area contributed by atoms with Crippen LogP contribution in [0, 0.1) is 5.41 Å². The maximum atomic E-state index is 9.79. The van der Waals surface area contributed by atoms with Crippen LogP contribution in [0.2, 0.25) is 0 Å². The van der Waals surface area contributed by atoms with Crippen LogP contribution < -0.4 is 11.2 Å². The lowest BCUT2D eigenvalue weighted by molar-refractivity contribution is 0.162. The van der Waals surface area contributed by atoms with Crippen LogP contribution in [0.5, 0.6) is 0 Å². The van der Waals surface area contributed by atoms with Crippen LogP contribution in [0.3, 0.4) is 0 Å². The van der Waals surface area contributed by atoms with Gasteiger partial charge in [-0.25, -0.2) is 10.0 Å². The molecule has 0 unspecified atom stereocenters. The molecule has 0 fully saturated rings.